The molecule has 0 aliphatic heterocycles. The molecule has 2 N–H and O–H groups in total. The lowest BCUT2D eigenvalue weighted by atomic mass is 10.1. The first-order chi connectivity index (χ1) is 7.50. The third kappa shape index (κ3) is 4.30. The zero-order valence-corrected chi connectivity index (χ0v) is 11.0. The summed E-state index contributed by atoms with van der Waals surface area (Å²) in [6.45, 7) is 5.62. The lowest BCUT2D eigenvalue weighted by Gasteiger charge is -2.14. The van der Waals surface area contributed by atoms with E-state index >= 15 is 0 Å². The summed E-state index contributed by atoms with van der Waals surface area (Å²) < 4.78 is 0. The zero-order chi connectivity index (χ0) is 12.1. The van der Waals surface area contributed by atoms with E-state index in [1.54, 1.807) is 18.2 Å². The van der Waals surface area contributed by atoms with Crippen molar-refractivity contribution in [3.05, 3.63) is 33.8 Å². The summed E-state index contributed by atoms with van der Waals surface area (Å²) in [6, 6.07) is 5.13. The lowest BCUT2D eigenvalue weighted by molar-refractivity contribution is 0.173. The Morgan fingerprint density at radius 3 is 2.50 bits per heavy atom. The number of rotatable bonds is 5. The van der Waals surface area contributed by atoms with Gasteiger partial charge in [-0.25, -0.2) is 0 Å². The molecule has 0 aromatic heterocycles. The minimum atomic E-state index is -0.594. The third-order valence-corrected chi connectivity index (χ3v) is 2.77. The molecule has 0 saturated carbocycles. The highest BCUT2D eigenvalue weighted by atomic mass is 35.5. The van der Waals surface area contributed by atoms with Crippen LogP contribution in [0.3, 0.4) is 0 Å². The van der Waals surface area contributed by atoms with Gasteiger partial charge in [-0.05, 0) is 24.6 Å². The summed E-state index contributed by atoms with van der Waals surface area (Å²) in [4.78, 5) is 0. The van der Waals surface area contributed by atoms with E-state index in [2.05, 4.69) is 19.2 Å². The van der Waals surface area contributed by atoms with Gasteiger partial charge in [0.1, 0.15) is 0 Å². The van der Waals surface area contributed by atoms with Crippen molar-refractivity contribution >= 4 is 23.2 Å². The molecule has 0 aliphatic carbocycles. The number of hydrogen-bond donors (Lipinski definition) is 2. The Morgan fingerprint density at radius 2 is 1.94 bits per heavy atom. The van der Waals surface area contributed by atoms with Crippen LogP contribution in [0, 0.1) is 5.92 Å². The van der Waals surface area contributed by atoms with Crippen LogP contribution in [0.5, 0.6) is 0 Å². The zero-order valence-electron chi connectivity index (χ0n) is 9.50. The lowest BCUT2D eigenvalue weighted by Crippen LogP contribution is -2.25. The second-order valence-electron chi connectivity index (χ2n) is 4.23. The van der Waals surface area contributed by atoms with Gasteiger partial charge in [-0.1, -0.05) is 43.1 Å². The van der Waals surface area contributed by atoms with Gasteiger partial charge in [0.25, 0.3) is 0 Å². The average molecular weight is 262 g/mol. The smallest absolute Gasteiger partial charge is 0.0928 e. The van der Waals surface area contributed by atoms with Crippen LogP contribution in [0.4, 0.5) is 0 Å². The predicted molar refractivity (Wildman–Crippen MR) is 69.1 cm³/mol. The van der Waals surface area contributed by atoms with Gasteiger partial charge in [-0.3, -0.25) is 0 Å². The quantitative estimate of drug-likeness (QED) is 0.853. The molecule has 0 amide bonds. The van der Waals surface area contributed by atoms with E-state index in [4.69, 9.17) is 23.2 Å². The molecule has 1 aromatic carbocycles. The summed E-state index contributed by atoms with van der Waals surface area (Å²) in [5, 5.41) is 14.2. The van der Waals surface area contributed by atoms with Crippen LogP contribution in [-0.4, -0.2) is 18.2 Å². The average Bonchev–Trinajstić information content (AvgIpc) is 2.16. The van der Waals surface area contributed by atoms with Gasteiger partial charge >= 0.3 is 0 Å². The van der Waals surface area contributed by atoms with Gasteiger partial charge in [-0.15, -0.1) is 0 Å². The molecule has 1 rings (SSSR count). The third-order valence-electron chi connectivity index (χ3n) is 2.21. The standard InChI is InChI=1S/C12H17Cl2NO/c1-8(2)6-15-7-12(16)10-4-3-9(13)5-11(10)14/h3-5,8,12,15-16H,6-7H2,1-2H3. The number of nitrogens with one attached hydrogen (secondary N) is 1. The first-order valence-electron chi connectivity index (χ1n) is 5.34. The minimum Gasteiger partial charge on any atom is -0.387 e. The van der Waals surface area contributed by atoms with E-state index in [-0.39, 0.29) is 0 Å². The molecule has 0 spiro atoms. The molecule has 1 aromatic rings. The van der Waals surface area contributed by atoms with Crippen molar-refractivity contribution in [2.75, 3.05) is 13.1 Å². The van der Waals surface area contributed by atoms with Crippen LogP contribution in [0.2, 0.25) is 10.0 Å². The minimum absolute atomic E-state index is 0.500. The second-order valence-corrected chi connectivity index (χ2v) is 5.08. The SMILES string of the molecule is CC(C)CNCC(O)c1ccc(Cl)cc1Cl. The molecule has 1 atom stereocenters. The fourth-order valence-corrected chi connectivity index (χ4v) is 1.92. The predicted octanol–water partition coefficient (Wildman–Crippen LogP) is 3.27. The number of halogens is 2. The highest BCUT2D eigenvalue weighted by Gasteiger charge is 2.11. The van der Waals surface area contributed by atoms with Crippen LogP contribution in [0.1, 0.15) is 25.5 Å². The van der Waals surface area contributed by atoms with Gasteiger partial charge in [0.15, 0.2) is 0 Å². The van der Waals surface area contributed by atoms with Crippen molar-refractivity contribution < 1.29 is 5.11 Å². The highest BCUT2D eigenvalue weighted by molar-refractivity contribution is 6.35. The van der Waals surface area contributed by atoms with Gasteiger partial charge in [0, 0.05) is 22.2 Å². The summed E-state index contributed by atoms with van der Waals surface area (Å²) in [6.07, 6.45) is -0.594. The summed E-state index contributed by atoms with van der Waals surface area (Å²) in [7, 11) is 0. The van der Waals surface area contributed by atoms with Crippen molar-refractivity contribution in [1.82, 2.24) is 5.32 Å². The molecule has 2 nitrogen and oxygen atoms in total. The number of hydrogen-bond acceptors (Lipinski definition) is 2. The van der Waals surface area contributed by atoms with Crippen molar-refractivity contribution in [3.63, 3.8) is 0 Å². The Balaban J connectivity index is 2.55. The Bertz CT molecular complexity index is 342. The largest absolute Gasteiger partial charge is 0.387 e. The van der Waals surface area contributed by atoms with Crippen LogP contribution in [-0.2, 0) is 0 Å². The maximum Gasteiger partial charge on any atom is 0.0928 e. The fraction of sp³-hybridized carbons (Fsp3) is 0.500. The molecular weight excluding hydrogens is 245 g/mol. The first-order valence-corrected chi connectivity index (χ1v) is 6.10. The molecule has 0 aliphatic rings. The normalized spacial score (nSPS) is 13.1. The molecular formula is C12H17Cl2NO. The highest BCUT2D eigenvalue weighted by Crippen LogP contribution is 2.25. The van der Waals surface area contributed by atoms with E-state index in [0.29, 0.717) is 28.1 Å². The molecule has 0 saturated heterocycles. The summed E-state index contributed by atoms with van der Waals surface area (Å²) in [5.41, 5.74) is 0.710. The molecule has 0 radical (unpaired) electrons. The maximum absolute atomic E-state index is 9.92. The number of aliphatic hydroxyl groups excluding tert-OH is 1. The van der Waals surface area contributed by atoms with Crippen LogP contribution < -0.4 is 5.32 Å². The Morgan fingerprint density at radius 1 is 1.25 bits per heavy atom. The Kier molecular flexibility index (Phi) is 5.56. The van der Waals surface area contributed by atoms with Crippen LogP contribution >= 0.6 is 23.2 Å². The fourth-order valence-electron chi connectivity index (χ4n) is 1.39. The van der Waals surface area contributed by atoms with Crippen molar-refractivity contribution in [2.45, 2.75) is 20.0 Å². The number of benzene rings is 1. The van der Waals surface area contributed by atoms with E-state index in [1.165, 1.54) is 0 Å². The van der Waals surface area contributed by atoms with E-state index < -0.39 is 6.10 Å². The second kappa shape index (κ2) is 6.45. The van der Waals surface area contributed by atoms with Crippen molar-refractivity contribution in [2.24, 2.45) is 5.92 Å². The summed E-state index contributed by atoms with van der Waals surface area (Å²) in [5.74, 6) is 0.563. The summed E-state index contributed by atoms with van der Waals surface area (Å²) >= 11 is 11.8. The Hall–Kier alpha value is -0.280. The molecule has 0 bridgehead atoms. The van der Waals surface area contributed by atoms with Crippen molar-refractivity contribution in [1.29, 1.82) is 0 Å². The molecule has 0 fully saturated rings. The topological polar surface area (TPSA) is 32.3 Å². The van der Waals surface area contributed by atoms with Crippen LogP contribution in [0.15, 0.2) is 18.2 Å². The van der Waals surface area contributed by atoms with Gasteiger partial charge < -0.3 is 10.4 Å². The molecule has 0 heterocycles. The van der Waals surface area contributed by atoms with E-state index in [0.717, 1.165) is 6.54 Å². The first kappa shape index (κ1) is 13.8. The number of aliphatic hydroxyl groups is 1. The molecule has 4 heteroatoms. The van der Waals surface area contributed by atoms with Crippen molar-refractivity contribution in [3.8, 4) is 0 Å². The van der Waals surface area contributed by atoms with E-state index in [1.807, 2.05) is 0 Å². The van der Waals surface area contributed by atoms with Gasteiger partial charge in [0.05, 0.1) is 6.10 Å². The van der Waals surface area contributed by atoms with E-state index in [9.17, 15) is 5.11 Å². The van der Waals surface area contributed by atoms with Gasteiger partial charge in [-0.2, -0.15) is 0 Å². The Labute approximate surface area is 107 Å². The molecule has 16 heavy (non-hydrogen) atoms. The maximum atomic E-state index is 9.92. The monoisotopic (exact) mass is 261 g/mol. The molecule has 1 unspecified atom stereocenters. The van der Waals surface area contributed by atoms with Crippen LogP contribution in [0.25, 0.3) is 0 Å². The molecule has 90 valence electrons. The van der Waals surface area contributed by atoms with Gasteiger partial charge in [0.2, 0.25) is 0 Å².